The van der Waals surface area contributed by atoms with E-state index < -0.39 is 0 Å². The Bertz CT molecular complexity index is 675. The minimum atomic E-state index is 0.676. The molecule has 3 rings (SSSR count). The minimum Gasteiger partial charge on any atom is -0.494 e. The highest BCUT2D eigenvalue weighted by molar-refractivity contribution is 8.13. The van der Waals surface area contributed by atoms with E-state index in [9.17, 15) is 0 Å². The van der Waals surface area contributed by atoms with Crippen molar-refractivity contribution in [3.8, 4) is 5.75 Å². The van der Waals surface area contributed by atoms with Gasteiger partial charge in [-0.25, -0.2) is 0 Å². The topological polar surface area (TPSA) is 37.7 Å². The van der Waals surface area contributed by atoms with E-state index >= 15 is 0 Å². The van der Waals surface area contributed by atoms with Gasteiger partial charge < -0.3 is 9.64 Å². The molecule has 0 aliphatic carbocycles. The van der Waals surface area contributed by atoms with E-state index in [0.29, 0.717) is 6.61 Å². The number of amidine groups is 1. The first-order valence-corrected chi connectivity index (χ1v) is 9.37. The number of pyridine rings is 1. The fraction of sp³-hybridized carbons (Fsp3) is 0.368. The van der Waals surface area contributed by atoms with Crippen LogP contribution in [0.15, 0.2) is 53.8 Å². The number of para-hydroxylation sites is 1. The second-order valence-electron chi connectivity index (χ2n) is 5.62. The zero-order valence-electron chi connectivity index (χ0n) is 14.0. The first kappa shape index (κ1) is 16.8. The van der Waals surface area contributed by atoms with Crippen LogP contribution in [0.2, 0.25) is 0 Å². The molecular formula is C19H23N3OS. The van der Waals surface area contributed by atoms with Gasteiger partial charge in [0.15, 0.2) is 5.17 Å². The van der Waals surface area contributed by atoms with Gasteiger partial charge in [-0.15, -0.1) is 0 Å². The molecule has 24 heavy (non-hydrogen) atoms. The van der Waals surface area contributed by atoms with Crippen LogP contribution in [-0.4, -0.2) is 34.0 Å². The molecule has 0 radical (unpaired) electrons. The number of thioether (sulfide) groups is 1. The quantitative estimate of drug-likeness (QED) is 0.797. The summed E-state index contributed by atoms with van der Waals surface area (Å²) in [5.74, 6) is 2.09. The van der Waals surface area contributed by atoms with Gasteiger partial charge in [-0.1, -0.05) is 36.0 Å². The highest BCUT2D eigenvalue weighted by Gasteiger charge is 2.17. The number of nitrogens with zero attached hydrogens (tertiary/aromatic N) is 3. The standard InChI is InChI=1S/C19H23N3OS/c1-2-23-18-9-4-3-8-17(18)15-22(19-21-11-6-12-24-19)14-16-7-5-10-20-13-16/h3-5,7-10,13H,2,6,11-12,14-15H2,1H3. The van der Waals surface area contributed by atoms with Crippen molar-refractivity contribution in [2.75, 3.05) is 18.9 Å². The van der Waals surface area contributed by atoms with Crippen molar-refractivity contribution in [3.05, 3.63) is 59.9 Å². The van der Waals surface area contributed by atoms with Crippen molar-refractivity contribution in [1.82, 2.24) is 9.88 Å². The number of aromatic nitrogens is 1. The van der Waals surface area contributed by atoms with E-state index in [1.807, 2.05) is 49.3 Å². The third kappa shape index (κ3) is 4.51. The highest BCUT2D eigenvalue weighted by atomic mass is 32.2. The summed E-state index contributed by atoms with van der Waals surface area (Å²) in [4.78, 5) is 11.3. The van der Waals surface area contributed by atoms with Crippen molar-refractivity contribution in [3.63, 3.8) is 0 Å². The van der Waals surface area contributed by atoms with Gasteiger partial charge in [0.1, 0.15) is 5.75 Å². The maximum atomic E-state index is 5.79. The van der Waals surface area contributed by atoms with E-state index in [2.05, 4.69) is 28.1 Å². The smallest absolute Gasteiger partial charge is 0.159 e. The zero-order chi connectivity index (χ0) is 16.6. The third-order valence-corrected chi connectivity index (χ3v) is 4.92. The minimum absolute atomic E-state index is 0.676. The van der Waals surface area contributed by atoms with E-state index in [4.69, 9.17) is 9.73 Å². The number of hydrogen-bond acceptors (Lipinski definition) is 5. The Balaban J connectivity index is 1.83. The predicted octanol–water partition coefficient (Wildman–Crippen LogP) is 3.98. The summed E-state index contributed by atoms with van der Waals surface area (Å²) in [5, 5.41) is 1.12. The van der Waals surface area contributed by atoms with Gasteiger partial charge in [0, 0.05) is 43.3 Å². The van der Waals surface area contributed by atoms with Crippen LogP contribution in [0.3, 0.4) is 0 Å². The number of aliphatic imine (C=N–C) groups is 1. The second-order valence-corrected chi connectivity index (χ2v) is 6.69. The zero-order valence-corrected chi connectivity index (χ0v) is 14.8. The summed E-state index contributed by atoms with van der Waals surface area (Å²) >= 11 is 1.84. The molecule has 1 aromatic heterocycles. The summed E-state index contributed by atoms with van der Waals surface area (Å²) in [6.07, 6.45) is 4.89. The normalized spacial score (nSPS) is 14.1. The molecule has 2 heterocycles. The largest absolute Gasteiger partial charge is 0.494 e. The van der Waals surface area contributed by atoms with Crippen LogP contribution in [-0.2, 0) is 13.1 Å². The molecule has 0 saturated carbocycles. The van der Waals surface area contributed by atoms with Crippen molar-refractivity contribution < 1.29 is 4.74 Å². The lowest BCUT2D eigenvalue weighted by molar-refractivity contribution is 0.327. The first-order chi connectivity index (χ1) is 11.9. The van der Waals surface area contributed by atoms with Crippen LogP contribution < -0.4 is 4.74 Å². The van der Waals surface area contributed by atoms with Gasteiger partial charge >= 0.3 is 0 Å². The summed E-state index contributed by atoms with van der Waals surface area (Å²) in [7, 11) is 0. The molecule has 1 aromatic carbocycles. The van der Waals surface area contributed by atoms with Gasteiger partial charge in [0.25, 0.3) is 0 Å². The number of rotatable bonds is 6. The molecule has 5 heteroatoms. The third-order valence-electron chi connectivity index (χ3n) is 3.78. The van der Waals surface area contributed by atoms with Crippen LogP contribution in [0.5, 0.6) is 5.75 Å². The molecule has 0 fully saturated rings. The van der Waals surface area contributed by atoms with E-state index in [1.54, 1.807) is 0 Å². The van der Waals surface area contributed by atoms with E-state index in [0.717, 1.165) is 42.7 Å². The summed E-state index contributed by atoms with van der Waals surface area (Å²) in [5.41, 5.74) is 2.39. The summed E-state index contributed by atoms with van der Waals surface area (Å²) in [6, 6.07) is 12.4. The molecule has 0 amide bonds. The van der Waals surface area contributed by atoms with Gasteiger partial charge in [-0.3, -0.25) is 9.98 Å². The molecule has 1 aliphatic heterocycles. The van der Waals surface area contributed by atoms with Crippen molar-refractivity contribution in [2.24, 2.45) is 4.99 Å². The molecule has 0 bridgehead atoms. The second kappa shape index (κ2) is 8.73. The lowest BCUT2D eigenvalue weighted by Crippen LogP contribution is -2.30. The Morgan fingerprint density at radius 3 is 2.83 bits per heavy atom. The van der Waals surface area contributed by atoms with Gasteiger partial charge in [0.05, 0.1) is 6.61 Å². The van der Waals surface area contributed by atoms with Crippen LogP contribution >= 0.6 is 11.8 Å². The Morgan fingerprint density at radius 1 is 1.17 bits per heavy atom. The fourth-order valence-electron chi connectivity index (χ4n) is 2.68. The lowest BCUT2D eigenvalue weighted by Gasteiger charge is -2.28. The first-order valence-electron chi connectivity index (χ1n) is 8.38. The Labute approximate surface area is 148 Å². The van der Waals surface area contributed by atoms with Gasteiger partial charge in [-0.05, 0) is 31.0 Å². The SMILES string of the molecule is CCOc1ccccc1CN(Cc1cccnc1)C1=NCCCS1. The van der Waals surface area contributed by atoms with Gasteiger partial charge in [-0.2, -0.15) is 0 Å². The van der Waals surface area contributed by atoms with Gasteiger partial charge in [0.2, 0.25) is 0 Å². The fourth-order valence-corrected chi connectivity index (χ4v) is 3.63. The van der Waals surface area contributed by atoms with Crippen LogP contribution in [0.1, 0.15) is 24.5 Å². The maximum Gasteiger partial charge on any atom is 0.159 e. The summed E-state index contributed by atoms with van der Waals surface area (Å²) < 4.78 is 5.79. The molecule has 0 N–H and O–H groups in total. The van der Waals surface area contributed by atoms with Crippen molar-refractivity contribution >= 4 is 16.9 Å². The Kier molecular flexibility index (Phi) is 6.13. The lowest BCUT2D eigenvalue weighted by atomic mass is 10.1. The molecular weight excluding hydrogens is 318 g/mol. The number of benzene rings is 1. The molecule has 126 valence electrons. The number of hydrogen-bond donors (Lipinski definition) is 0. The Hall–Kier alpha value is -2.01. The monoisotopic (exact) mass is 341 g/mol. The van der Waals surface area contributed by atoms with Crippen LogP contribution in [0.25, 0.3) is 0 Å². The molecule has 0 unspecified atom stereocenters. The molecule has 1 aliphatic rings. The predicted molar refractivity (Wildman–Crippen MR) is 100 cm³/mol. The highest BCUT2D eigenvalue weighted by Crippen LogP contribution is 2.24. The van der Waals surface area contributed by atoms with E-state index in [1.165, 1.54) is 11.1 Å². The van der Waals surface area contributed by atoms with Crippen LogP contribution in [0, 0.1) is 0 Å². The van der Waals surface area contributed by atoms with Crippen molar-refractivity contribution in [2.45, 2.75) is 26.4 Å². The molecule has 2 aromatic rings. The molecule has 0 atom stereocenters. The van der Waals surface area contributed by atoms with Crippen molar-refractivity contribution in [1.29, 1.82) is 0 Å². The van der Waals surface area contributed by atoms with E-state index in [-0.39, 0.29) is 0 Å². The maximum absolute atomic E-state index is 5.79. The average molecular weight is 341 g/mol. The average Bonchev–Trinajstić information content (AvgIpc) is 2.64. The molecule has 0 spiro atoms. The molecule has 0 saturated heterocycles. The number of ether oxygens (including phenoxy) is 1. The van der Waals surface area contributed by atoms with Crippen LogP contribution in [0.4, 0.5) is 0 Å². The molecule has 4 nitrogen and oxygen atoms in total. The summed E-state index contributed by atoms with van der Waals surface area (Å²) in [6.45, 7) is 5.20. The Morgan fingerprint density at radius 2 is 2.08 bits per heavy atom.